The minimum absolute atomic E-state index is 0.550. The normalized spacial score (nSPS) is 14.6. The van der Waals surface area contributed by atoms with Crippen molar-refractivity contribution in [1.82, 2.24) is 9.80 Å². The van der Waals surface area contributed by atoms with E-state index < -0.39 is 0 Å². The topological polar surface area (TPSA) is 6.48 Å². The summed E-state index contributed by atoms with van der Waals surface area (Å²) in [4.78, 5) is 5.29. The van der Waals surface area contributed by atoms with E-state index in [0.29, 0.717) is 6.17 Å². The number of hydrogen-bond acceptors (Lipinski definition) is 2. The number of hydrogen-bond donors (Lipinski definition) is 0. The standard InChI is InChI=1S/C45H82N2/c1-3-5-7-9-11-13-15-17-19-20-22-24-26-28-30-35-39-45-46(41-42-47(45)43-44-37-33-32-34-38-44)40-36-31-29-27-25-23-21-18-16-14-12-10-8-6-4-2/h32-34,37-38,41-42,45H,3-31,35-36,39-40,43H2,1-2H3. The van der Waals surface area contributed by atoms with E-state index in [1.807, 2.05) is 0 Å². The van der Waals surface area contributed by atoms with Crippen molar-refractivity contribution < 1.29 is 0 Å². The molecule has 1 unspecified atom stereocenters. The predicted octanol–water partition coefficient (Wildman–Crippen LogP) is 15.1. The lowest BCUT2D eigenvalue weighted by Gasteiger charge is -2.33. The molecule has 1 atom stereocenters. The summed E-state index contributed by atoms with van der Waals surface area (Å²) in [6.45, 7) is 6.88. The van der Waals surface area contributed by atoms with Crippen molar-refractivity contribution in [3.8, 4) is 0 Å². The van der Waals surface area contributed by atoms with Crippen molar-refractivity contribution in [3.63, 3.8) is 0 Å². The van der Waals surface area contributed by atoms with Gasteiger partial charge in [0.1, 0.15) is 6.17 Å². The summed E-state index contributed by atoms with van der Waals surface area (Å²) < 4.78 is 0. The van der Waals surface area contributed by atoms with Crippen molar-refractivity contribution in [2.75, 3.05) is 6.54 Å². The fourth-order valence-corrected chi connectivity index (χ4v) is 7.61. The van der Waals surface area contributed by atoms with Crippen LogP contribution >= 0.6 is 0 Å². The van der Waals surface area contributed by atoms with Crippen LogP contribution in [0.4, 0.5) is 0 Å². The van der Waals surface area contributed by atoms with Gasteiger partial charge in [-0.25, -0.2) is 0 Å². The fraction of sp³-hybridized carbons (Fsp3) is 0.822. The monoisotopic (exact) mass is 651 g/mol. The quantitative estimate of drug-likeness (QED) is 0.0675. The number of unbranched alkanes of at least 4 members (excludes halogenated alkanes) is 29. The molecule has 0 N–H and O–H groups in total. The van der Waals surface area contributed by atoms with Crippen LogP contribution in [0.5, 0.6) is 0 Å². The van der Waals surface area contributed by atoms with Crippen LogP contribution in [0.15, 0.2) is 42.7 Å². The number of benzene rings is 1. The second-order valence-corrected chi connectivity index (χ2v) is 15.2. The van der Waals surface area contributed by atoms with Gasteiger partial charge in [-0.2, -0.15) is 0 Å². The van der Waals surface area contributed by atoms with Crippen molar-refractivity contribution in [2.45, 2.75) is 232 Å². The van der Waals surface area contributed by atoms with Gasteiger partial charge < -0.3 is 9.80 Å². The van der Waals surface area contributed by atoms with Crippen LogP contribution in [-0.4, -0.2) is 22.5 Å². The van der Waals surface area contributed by atoms with Gasteiger partial charge in [-0.3, -0.25) is 0 Å². The third kappa shape index (κ3) is 23.5. The van der Waals surface area contributed by atoms with Gasteiger partial charge >= 0.3 is 0 Å². The predicted molar refractivity (Wildman–Crippen MR) is 211 cm³/mol. The van der Waals surface area contributed by atoms with Gasteiger partial charge in [-0.15, -0.1) is 0 Å². The highest BCUT2D eigenvalue weighted by molar-refractivity contribution is 5.16. The molecule has 1 aromatic rings. The lowest BCUT2D eigenvalue weighted by atomic mass is 10.0. The molecule has 1 aromatic carbocycles. The lowest BCUT2D eigenvalue weighted by Crippen LogP contribution is -2.38. The molecule has 2 nitrogen and oxygen atoms in total. The van der Waals surface area contributed by atoms with E-state index in [4.69, 9.17) is 0 Å². The highest BCUT2D eigenvalue weighted by Gasteiger charge is 2.25. The summed E-state index contributed by atoms with van der Waals surface area (Å²) >= 11 is 0. The third-order valence-electron chi connectivity index (χ3n) is 10.8. The summed E-state index contributed by atoms with van der Waals surface area (Å²) in [6, 6.07) is 11.1. The van der Waals surface area contributed by atoms with Crippen LogP contribution in [0.25, 0.3) is 0 Å². The van der Waals surface area contributed by atoms with Crippen LogP contribution < -0.4 is 0 Å². The van der Waals surface area contributed by atoms with Gasteiger partial charge in [0, 0.05) is 25.5 Å². The first-order chi connectivity index (χ1) is 23.3. The molecule has 0 amide bonds. The van der Waals surface area contributed by atoms with Crippen LogP contribution in [0.1, 0.15) is 225 Å². The Kier molecular flexibility index (Phi) is 28.2. The Hall–Kier alpha value is -1.44. The molecule has 0 saturated heterocycles. The zero-order valence-corrected chi connectivity index (χ0v) is 32.1. The second kappa shape index (κ2) is 31.8. The molecule has 0 saturated carbocycles. The van der Waals surface area contributed by atoms with Crippen molar-refractivity contribution in [2.24, 2.45) is 0 Å². The highest BCUT2D eigenvalue weighted by Crippen LogP contribution is 2.25. The first-order valence-electron chi connectivity index (χ1n) is 21.6. The molecule has 0 bridgehead atoms. The average molecular weight is 651 g/mol. The molecule has 0 fully saturated rings. The highest BCUT2D eigenvalue weighted by atomic mass is 15.4. The molecule has 1 aliphatic heterocycles. The number of rotatable bonds is 35. The van der Waals surface area contributed by atoms with Crippen molar-refractivity contribution in [3.05, 3.63) is 48.3 Å². The van der Waals surface area contributed by atoms with E-state index in [0.717, 1.165) is 6.54 Å². The molecule has 0 spiro atoms. The Balaban J connectivity index is 1.50. The third-order valence-corrected chi connectivity index (χ3v) is 10.8. The molecular formula is C45H82N2. The molecular weight excluding hydrogens is 569 g/mol. The molecule has 1 aliphatic rings. The van der Waals surface area contributed by atoms with Gasteiger partial charge in [0.05, 0.1) is 0 Å². The maximum Gasteiger partial charge on any atom is 0.101 e. The van der Waals surface area contributed by atoms with E-state index in [-0.39, 0.29) is 0 Å². The first-order valence-corrected chi connectivity index (χ1v) is 21.6. The second-order valence-electron chi connectivity index (χ2n) is 15.2. The summed E-state index contributed by atoms with van der Waals surface area (Å²) in [7, 11) is 0. The van der Waals surface area contributed by atoms with E-state index in [1.165, 1.54) is 218 Å². The van der Waals surface area contributed by atoms with E-state index in [9.17, 15) is 0 Å². The molecule has 47 heavy (non-hydrogen) atoms. The molecule has 1 heterocycles. The molecule has 2 rings (SSSR count). The van der Waals surface area contributed by atoms with Gasteiger partial charge in [-0.05, 0) is 24.8 Å². The SMILES string of the molecule is CCCCCCCCCCCCCCCCCCC1N(CCCCCCCCCCCCCCCCC)C=CN1Cc1ccccc1. The summed E-state index contributed by atoms with van der Waals surface area (Å²) in [5.74, 6) is 0. The summed E-state index contributed by atoms with van der Waals surface area (Å²) in [5.41, 5.74) is 1.43. The Morgan fingerprint density at radius 3 is 1.13 bits per heavy atom. The zero-order chi connectivity index (χ0) is 33.3. The maximum absolute atomic E-state index is 2.68. The van der Waals surface area contributed by atoms with E-state index in [2.05, 4.69) is 66.4 Å². The molecule has 272 valence electrons. The van der Waals surface area contributed by atoms with Gasteiger partial charge in [0.15, 0.2) is 0 Å². The van der Waals surface area contributed by atoms with Crippen LogP contribution in [0.2, 0.25) is 0 Å². The Bertz CT molecular complexity index is 788. The van der Waals surface area contributed by atoms with Crippen LogP contribution in [-0.2, 0) is 6.54 Å². The zero-order valence-electron chi connectivity index (χ0n) is 32.1. The molecule has 2 heteroatoms. The molecule has 0 aromatic heterocycles. The minimum Gasteiger partial charge on any atom is -0.356 e. The smallest absolute Gasteiger partial charge is 0.101 e. The molecule has 0 radical (unpaired) electrons. The fourth-order valence-electron chi connectivity index (χ4n) is 7.61. The molecule has 0 aliphatic carbocycles. The van der Waals surface area contributed by atoms with Crippen molar-refractivity contribution in [1.29, 1.82) is 0 Å². The Morgan fingerprint density at radius 2 is 0.723 bits per heavy atom. The van der Waals surface area contributed by atoms with Crippen LogP contribution in [0, 0.1) is 0 Å². The Morgan fingerprint density at radius 1 is 0.383 bits per heavy atom. The lowest BCUT2D eigenvalue weighted by molar-refractivity contribution is 0.132. The largest absolute Gasteiger partial charge is 0.356 e. The van der Waals surface area contributed by atoms with Crippen molar-refractivity contribution >= 4 is 0 Å². The summed E-state index contributed by atoms with van der Waals surface area (Å²) in [6.07, 6.45) is 51.3. The first kappa shape index (κ1) is 41.7. The van der Waals surface area contributed by atoms with E-state index in [1.54, 1.807) is 0 Å². The average Bonchev–Trinajstić information content (AvgIpc) is 3.47. The minimum atomic E-state index is 0.550. The van der Waals surface area contributed by atoms with Crippen LogP contribution in [0.3, 0.4) is 0 Å². The summed E-state index contributed by atoms with van der Waals surface area (Å²) in [5, 5.41) is 0. The van der Waals surface area contributed by atoms with Gasteiger partial charge in [-0.1, -0.05) is 230 Å². The van der Waals surface area contributed by atoms with Gasteiger partial charge in [0.25, 0.3) is 0 Å². The maximum atomic E-state index is 2.68. The van der Waals surface area contributed by atoms with Gasteiger partial charge in [0.2, 0.25) is 0 Å². The Labute approximate surface area is 295 Å². The van der Waals surface area contributed by atoms with E-state index >= 15 is 0 Å². The number of nitrogens with zero attached hydrogens (tertiary/aromatic N) is 2.